The minimum atomic E-state index is -4.26. The monoisotopic (exact) mass is 308 g/mol. The van der Waals surface area contributed by atoms with Crippen LogP contribution in [0.25, 0.3) is 0 Å². The molecule has 2 aliphatic heterocycles. The Bertz CT molecular complexity index is 363. The average Bonchev–Trinajstić information content (AvgIpc) is 3.01. The van der Waals surface area contributed by atoms with E-state index in [2.05, 4.69) is 4.90 Å². The molecule has 1 amide bonds. The van der Waals surface area contributed by atoms with Crippen molar-refractivity contribution in [2.45, 2.75) is 50.9 Å². The number of carbonyl (C=O) groups is 1. The molecular weight excluding hydrogens is 285 g/mol. The summed E-state index contributed by atoms with van der Waals surface area (Å²) in [7, 11) is 0. The first-order valence-corrected chi connectivity index (χ1v) is 7.54. The van der Waals surface area contributed by atoms with E-state index in [4.69, 9.17) is 4.74 Å². The molecule has 0 spiro atoms. The predicted octanol–water partition coefficient (Wildman–Crippen LogP) is 2.04. The highest BCUT2D eigenvalue weighted by Crippen LogP contribution is 2.29. The molecule has 2 rings (SSSR count). The van der Waals surface area contributed by atoms with Crippen LogP contribution in [0.15, 0.2) is 0 Å². The number of nitrogens with zero attached hydrogens (tertiary/aromatic N) is 2. The minimum Gasteiger partial charge on any atom is -0.371 e. The van der Waals surface area contributed by atoms with Crippen molar-refractivity contribution in [1.82, 2.24) is 9.80 Å². The fourth-order valence-electron chi connectivity index (χ4n) is 3.52. The second-order valence-corrected chi connectivity index (χ2v) is 5.84. The lowest BCUT2D eigenvalue weighted by molar-refractivity contribution is -0.174. The SMILES string of the molecule is CC(=O)N1CCCC1C1CCCN1CCOCC(F)(F)F. The Balaban J connectivity index is 1.81. The first-order chi connectivity index (χ1) is 9.88. The highest BCUT2D eigenvalue weighted by Gasteiger charge is 2.38. The third-order valence-electron chi connectivity index (χ3n) is 4.35. The van der Waals surface area contributed by atoms with Crippen LogP contribution in [0, 0.1) is 0 Å². The zero-order valence-electron chi connectivity index (χ0n) is 12.4. The number of hydrogen-bond acceptors (Lipinski definition) is 3. The molecule has 0 aliphatic carbocycles. The van der Waals surface area contributed by atoms with Gasteiger partial charge in [0.25, 0.3) is 0 Å². The van der Waals surface area contributed by atoms with Gasteiger partial charge in [-0.2, -0.15) is 13.2 Å². The molecule has 0 radical (unpaired) electrons. The summed E-state index contributed by atoms with van der Waals surface area (Å²) in [5, 5.41) is 0. The van der Waals surface area contributed by atoms with Crippen LogP contribution in [0.1, 0.15) is 32.6 Å². The largest absolute Gasteiger partial charge is 0.411 e. The van der Waals surface area contributed by atoms with Gasteiger partial charge >= 0.3 is 6.18 Å². The predicted molar refractivity (Wildman–Crippen MR) is 71.9 cm³/mol. The molecule has 2 atom stereocenters. The summed E-state index contributed by atoms with van der Waals surface area (Å²) in [6.45, 7) is 2.67. The van der Waals surface area contributed by atoms with Gasteiger partial charge in [0.2, 0.25) is 5.91 Å². The zero-order chi connectivity index (χ0) is 15.5. The van der Waals surface area contributed by atoms with E-state index >= 15 is 0 Å². The van der Waals surface area contributed by atoms with E-state index < -0.39 is 12.8 Å². The Labute approximate surface area is 123 Å². The van der Waals surface area contributed by atoms with Crippen LogP contribution in [0.4, 0.5) is 13.2 Å². The van der Waals surface area contributed by atoms with Gasteiger partial charge in [0.05, 0.1) is 6.61 Å². The standard InChI is InChI=1S/C14H23F3N2O2/c1-11(20)19-7-3-5-13(19)12-4-2-6-18(12)8-9-21-10-14(15,16)17/h12-13H,2-10H2,1H3. The fourth-order valence-corrected chi connectivity index (χ4v) is 3.52. The molecule has 2 unspecified atom stereocenters. The van der Waals surface area contributed by atoms with Crippen molar-refractivity contribution < 1.29 is 22.7 Å². The van der Waals surface area contributed by atoms with E-state index in [1.54, 1.807) is 6.92 Å². The van der Waals surface area contributed by atoms with Crippen LogP contribution in [0.2, 0.25) is 0 Å². The smallest absolute Gasteiger partial charge is 0.371 e. The fraction of sp³-hybridized carbons (Fsp3) is 0.929. The van der Waals surface area contributed by atoms with Gasteiger partial charge in [-0.3, -0.25) is 9.69 Å². The molecule has 2 saturated heterocycles. The molecule has 0 aromatic heterocycles. The maximum absolute atomic E-state index is 12.0. The van der Waals surface area contributed by atoms with Crippen molar-refractivity contribution in [3.8, 4) is 0 Å². The van der Waals surface area contributed by atoms with Gasteiger partial charge in [0.1, 0.15) is 6.61 Å². The molecule has 4 nitrogen and oxygen atoms in total. The third-order valence-corrected chi connectivity index (χ3v) is 4.35. The molecule has 122 valence electrons. The summed E-state index contributed by atoms with van der Waals surface area (Å²) in [5.41, 5.74) is 0. The van der Waals surface area contributed by atoms with E-state index in [9.17, 15) is 18.0 Å². The minimum absolute atomic E-state index is 0.0861. The van der Waals surface area contributed by atoms with Crippen LogP contribution in [0.3, 0.4) is 0 Å². The van der Waals surface area contributed by atoms with Gasteiger partial charge in [0.15, 0.2) is 0 Å². The lowest BCUT2D eigenvalue weighted by atomic mass is 10.0. The molecule has 21 heavy (non-hydrogen) atoms. The van der Waals surface area contributed by atoms with E-state index in [-0.39, 0.29) is 24.6 Å². The molecule has 0 aromatic carbocycles. The Morgan fingerprint density at radius 2 is 1.86 bits per heavy atom. The van der Waals surface area contributed by atoms with Crippen molar-refractivity contribution in [2.75, 3.05) is 32.8 Å². The summed E-state index contributed by atoms with van der Waals surface area (Å²) < 4.78 is 40.8. The lowest BCUT2D eigenvalue weighted by Crippen LogP contribution is -2.48. The maximum atomic E-state index is 12.0. The van der Waals surface area contributed by atoms with Crippen LogP contribution in [-0.2, 0) is 9.53 Å². The topological polar surface area (TPSA) is 32.8 Å². The number of ether oxygens (including phenoxy) is 1. The summed E-state index contributed by atoms with van der Waals surface area (Å²) in [4.78, 5) is 15.7. The molecule has 2 aliphatic rings. The van der Waals surface area contributed by atoms with Crippen molar-refractivity contribution in [2.24, 2.45) is 0 Å². The van der Waals surface area contributed by atoms with Crippen molar-refractivity contribution in [3.05, 3.63) is 0 Å². The highest BCUT2D eigenvalue weighted by molar-refractivity contribution is 5.74. The molecule has 2 heterocycles. The molecule has 0 bridgehead atoms. The molecule has 0 saturated carbocycles. The van der Waals surface area contributed by atoms with Gasteiger partial charge in [-0.25, -0.2) is 0 Å². The summed E-state index contributed by atoms with van der Waals surface area (Å²) >= 11 is 0. The third kappa shape index (κ3) is 4.57. The number of alkyl halides is 3. The Morgan fingerprint density at radius 1 is 1.19 bits per heavy atom. The number of halogens is 3. The van der Waals surface area contributed by atoms with E-state index in [1.807, 2.05) is 4.90 Å². The number of likely N-dealkylation sites (tertiary alicyclic amines) is 2. The normalized spacial score (nSPS) is 27.5. The number of amides is 1. The summed E-state index contributed by atoms with van der Waals surface area (Å²) in [6, 6.07) is 0.485. The van der Waals surface area contributed by atoms with Crippen molar-refractivity contribution >= 4 is 5.91 Å². The summed E-state index contributed by atoms with van der Waals surface area (Å²) in [6.07, 6.45) is -0.218. The number of hydrogen-bond donors (Lipinski definition) is 0. The molecule has 0 N–H and O–H groups in total. The Hall–Kier alpha value is -0.820. The maximum Gasteiger partial charge on any atom is 0.411 e. The van der Waals surface area contributed by atoms with Crippen molar-refractivity contribution in [1.29, 1.82) is 0 Å². The van der Waals surface area contributed by atoms with Crippen molar-refractivity contribution in [3.63, 3.8) is 0 Å². The Kier molecular flexibility index (Phi) is 5.48. The molecule has 7 heteroatoms. The highest BCUT2D eigenvalue weighted by atomic mass is 19.4. The van der Waals surface area contributed by atoms with Gasteiger partial charge in [-0.05, 0) is 32.2 Å². The second kappa shape index (κ2) is 6.96. The second-order valence-electron chi connectivity index (χ2n) is 5.84. The van der Waals surface area contributed by atoms with Crippen LogP contribution >= 0.6 is 0 Å². The molecular formula is C14H23F3N2O2. The van der Waals surface area contributed by atoms with E-state index in [0.717, 1.165) is 38.8 Å². The number of rotatable bonds is 5. The van der Waals surface area contributed by atoms with Crippen LogP contribution < -0.4 is 0 Å². The van der Waals surface area contributed by atoms with Crippen LogP contribution in [-0.4, -0.2) is 66.8 Å². The molecule has 2 fully saturated rings. The van der Waals surface area contributed by atoms with E-state index in [0.29, 0.717) is 6.54 Å². The zero-order valence-corrected chi connectivity index (χ0v) is 12.4. The first kappa shape index (κ1) is 16.5. The van der Waals surface area contributed by atoms with Gasteiger partial charge in [0, 0.05) is 32.1 Å². The van der Waals surface area contributed by atoms with E-state index in [1.165, 1.54) is 0 Å². The van der Waals surface area contributed by atoms with Crippen LogP contribution in [0.5, 0.6) is 0 Å². The molecule has 0 aromatic rings. The van der Waals surface area contributed by atoms with Gasteiger partial charge < -0.3 is 9.64 Å². The lowest BCUT2D eigenvalue weighted by Gasteiger charge is -2.34. The van der Waals surface area contributed by atoms with Gasteiger partial charge in [-0.15, -0.1) is 0 Å². The summed E-state index contributed by atoms with van der Waals surface area (Å²) in [5.74, 6) is 0.0951. The van der Waals surface area contributed by atoms with Gasteiger partial charge in [-0.1, -0.05) is 0 Å². The average molecular weight is 308 g/mol. The number of carbonyl (C=O) groups excluding carboxylic acids is 1. The Morgan fingerprint density at radius 3 is 2.52 bits per heavy atom. The first-order valence-electron chi connectivity index (χ1n) is 7.54. The quantitative estimate of drug-likeness (QED) is 0.729.